The fourth-order valence-corrected chi connectivity index (χ4v) is 2.61. The van der Waals surface area contributed by atoms with Crippen LogP contribution >= 0.6 is 11.3 Å². The zero-order chi connectivity index (χ0) is 9.10. The molecular weight excluding hydrogens is 180 g/mol. The Morgan fingerprint density at radius 2 is 2.62 bits per heavy atom. The standard InChI is InChI=1S/C10H16N2S/c1-9-3-2-5-12(7-9)8-10-11-4-6-13-10/h4,6,9H,2-3,5,7-8H2,1H3. The molecule has 2 rings (SSSR count). The maximum Gasteiger partial charge on any atom is 0.107 e. The summed E-state index contributed by atoms with van der Waals surface area (Å²) < 4.78 is 0. The van der Waals surface area contributed by atoms with Crippen LogP contribution in [0.2, 0.25) is 0 Å². The van der Waals surface area contributed by atoms with Crippen molar-refractivity contribution in [3.05, 3.63) is 16.6 Å². The van der Waals surface area contributed by atoms with Gasteiger partial charge in [-0.05, 0) is 25.3 Å². The minimum atomic E-state index is 0.869. The number of nitrogens with zero attached hydrogens (tertiary/aromatic N) is 2. The molecule has 13 heavy (non-hydrogen) atoms. The lowest BCUT2D eigenvalue weighted by molar-refractivity contribution is 0.176. The zero-order valence-electron chi connectivity index (χ0n) is 8.07. The van der Waals surface area contributed by atoms with Crippen molar-refractivity contribution in [1.29, 1.82) is 0 Å². The average Bonchev–Trinajstić information content (AvgIpc) is 2.57. The summed E-state index contributed by atoms with van der Waals surface area (Å²) in [6.07, 6.45) is 4.65. The normalized spacial score (nSPS) is 24.8. The first-order valence-corrected chi connectivity index (χ1v) is 5.83. The van der Waals surface area contributed by atoms with Gasteiger partial charge in [-0.2, -0.15) is 0 Å². The average molecular weight is 196 g/mol. The monoisotopic (exact) mass is 196 g/mol. The Kier molecular flexibility index (Phi) is 2.96. The molecule has 1 aromatic heterocycles. The molecule has 0 N–H and O–H groups in total. The highest BCUT2D eigenvalue weighted by Gasteiger charge is 2.16. The second kappa shape index (κ2) is 4.20. The van der Waals surface area contributed by atoms with Gasteiger partial charge < -0.3 is 0 Å². The van der Waals surface area contributed by atoms with Gasteiger partial charge in [-0.3, -0.25) is 4.90 Å². The molecule has 1 aliphatic heterocycles. The number of rotatable bonds is 2. The summed E-state index contributed by atoms with van der Waals surface area (Å²) in [4.78, 5) is 6.83. The Morgan fingerprint density at radius 1 is 1.69 bits per heavy atom. The molecule has 72 valence electrons. The first-order chi connectivity index (χ1) is 6.34. The van der Waals surface area contributed by atoms with E-state index >= 15 is 0 Å². The van der Waals surface area contributed by atoms with E-state index in [9.17, 15) is 0 Å². The van der Waals surface area contributed by atoms with Crippen LogP contribution in [0.5, 0.6) is 0 Å². The van der Waals surface area contributed by atoms with Gasteiger partial charge >= 0.3 is 0 Å². The number of aromatic nitrogens is 1. The Morgan fingerprint density at radius 3 is 3.31 bits per heavy atom. The Balaban J connectivity index is 1.87. The molecule has 0 aromatic carbocycles. The fourth-order valence-electron chi connectivity index (χ4n) is 1.95. The third kappa shape index (κ3) is 2.51. The summed E-state index contributed by atoms with van der Waals surface area (Å²) in [5.41, 5.74) is 0. The Bertz CT molecular complexity index is 245. The topological polar surface area (TPSA) is 16.1 Å². The van der Waals surface area contributed by atoms with E-state index in [-0.39, 0.29) is 0 Å². The van der Waals surface area contributed by atoms with Crippen LogP contribution in [0.3, 0.4) is 0 Å². The largest absolute Gasteiger partial charge is 0.296 e. The van der Waals surface area contributed by atoms with Crippen molar-refractivity contribution in [2.45, 2.75) is 26.3 Å². The summed E-state index contributed by atoms with van der Waals surface area (Å²) in [6.45, 7) is 5.90. The summed E-state index contributed by atoms with van der Waals surface area (Å²) in [5, 5.41) is 3.32. The van der Waals surface area contributed by atoms with Gasteiger partial charge in [-0.1, -0.05) is 6.92 Å². The number of likely N-dealkylation sites (tertiary alicyclic amines) is 1. The summed E-state index contributed by atoms with van der Waals surface area (Å²) in [6, 6.07) is 0. The minimum absolute atomic E-state index is 0.869. The van der Waals surface area contributed by atoms with Crippen LogP contribution in [0, 0.1) is 5.92 Å². The third-order valence-electron chi connectivity index (χ3n) is 2.58. The molecule has 0 saturated carbocycles. The van der Waals surface area contributed by atoms with Gasteiger partial charge in [-0.25, -0.2) is 4.98 Å². The molecule has 2 heterocycles. The molecule has 1 unspecified atom stereocenters. The Hall–Kier alpha value is -0.410. The zero-order valence-corrected chi connectivity index (χ0v) is 8.89. The van der Waals surface area contributed by atoms with E-state index in [1.807, 2.05) is 6.20 Å². The molecule has 1 atom stereocenters. The molecule has 1 aromatic rings. The molecule has 1 saturated heterocycles. The van der Waals surface area contributed by atoms with Gasteiger partial charge in [0, 0.05) is 18.1 Å². The molecule has 0 bridgehead atoms. The predicted molar refractivity (Wildman–Crippen MR) is 55.8 cm³/mol. The molecule has 0 amide bonds. The first-order valence-electron chi connectivity index (χ1n) is 4.95. The smallest absolute Gasteiger partial charge is 0.107 e. The minimum Gasteiger partial charge on any atom is -0.296 e. The quantitative estimate of drug-likeness (QED) is 0.722. The molecule has 0 radical (unpaired) electrons. The van der Waals surface area contributed by atoms with Crippen molar-refractivity contribution in [3.63, 3.8) is 0 Å². The molecule has 0 spiro atoms. The van der Waals surface area contributed by atoms with E-state index in [1.54, 1.807) is 11.3 Å². The first kappa shape index (κ1) is 9.16. The van der Waals surface area contributed by atoms with Crippen LogP contribution in [0.4, 0.5) is 0 Å². The lowest BCUT2D eigenvalue weighted by Gasteiger charge is -2.29. The highest BCUT2D eigenvalue weighted by atomic mass is 32.1. The highest BCUT2D eigenvalue weighted by molar-refractivity contribution is 7.09. The van der Waals surface area contributed by atoms with E-state index in [1.165, 1.54) is 30.9 Å². The van der Waals surface area contributed by atoms with Crippen molar-refractivity contribution in [1.82, 2.24) is 9.88 Å². The fraction of sp³-hybridized carbons (Fsp3) is 0.700. The summed E-state index contributed by atoms with van der Waals surface area (Å²) in [7, 11) is 0. The lowest BCUT2D eigenvalue weighted by Crippen LogP contribution is -2.33. The number of thiazole rings is 1. The maximum absolute atomic E-state index is 4.31. The molecule has 1 aliphatic rings. The summed E-state index contributed by atoms with van der Waals surface area (Å²) in [5.74, 6) is 0.869. The van der Waals surface area contributed by atoms with Crippen molar-refractivity contribution in [2.24, 2.45) is 5.92 Å². The molecule has 1 fully saturated rings. The third-order valence-corrected chi connectivity index (χ3v) is 3.35. The van der Waals surface area contributed by atoms with Crippen LogP contribution < -0.4 is 0 Å². The van der Waals surface area contributed by atoms with Crippen LogP contribution in [-0.4, -0.2) is 23.0 Å². The van der Waals surface area contributed by atoms with Gasteiger partial charge in [-0.15, -0.1) is 11.3 Å². The molecular formula is C10H16N2S. The predicted octanol–water partition coefficient (Wildman–Crippen LogP) is 2.38. The number of hydrogen-bond donors (Lipinski definition) is 0. The second-order valence-corrected chi connectivity index (χ2v) is 4.89. The Labute approximate surface area is 83.6 Å². The van der Waals surface area contributed by atoms with Crippen LogP contribution in [0.25, 0.3) is 0 Å². The highest BCUT2D eigenvalue weighted by Crippen LogP contribution is 2.18. The molecule has 0 aliphatic carbocycles. The van der Waals surface area contributed by atoms with Crippen LogP contribution in [0.1, 0.15) is 24.8 Å². The lowest BCUT2D eigenvalue weighted by atomic mass is 10.0. The van der Waals surface area contributed by atoms with Crippen molar-refractivity contribution in [2.75, 3.05) is 13.1 Å². The van der Waals surface area contributed by atoms with E-state index in [0.717, 1.165) is 12.5 Å². The van der Waals surface area contributed by atoms with Crippen molar-refractivity contribution < 1.29 is 0 Å². The second-order valence-electron chi connectivity index (χ2n) is 3.91. The van der Waals surface area contributed by atoms with Crippen molar-refractivity contribution in [3.8, 4) is 0 Å². The van der Waals surface area contributed by atoms with Crippen LogP contribution in [0.15, 0.2) is 11.6 Å². The van der Waals surface area contributed by atoms with Gasteiger partial charge in [0.1, 0.15) is 5.01 Å². The molecule has 3 heteroatoms. The van der Waals surface area contributed by atoms with Gasteiger partial charge in [0.2, 0.25) is 0 Å². The van der Waals surface area contributed by atoms with E-state index < -0.39 is 0 Å². The van der Waals surface area contributed by atoms with E-state index in [4.69, 9.17) is 0 Å². The van der Waals surface area contributed by atoms with Gasteiger partial charge in [0.25, 0.3) is 0 Å². The number of hydrogen-bond acceptors (Lipinski definition) is 3. The van der Waals surface area contributed by atoms with E-state index in [2.05, 4.69) is 22.2 Å². The number of piperidine rings is 1. The van der Waals surface area contributed by atoms with Crippen molar-refractivity contribution >= 4 is 11.3 Å². The SMILES string of the molecule is CC1CCCN(Cc2nccs2)C1. The van der Waals surface area contributed by atoms with Gasteiger partial charge in [0.05, 0.1) is 6.54 Å². The van der Waals surface area contributed by atoms with Crippen LogP contribution in [-0.2, 0) is 6.54 Å². The van der Waals surface area contributed by atoms with Gasteiger partial charge in [0.15, 0.2) is 0 Å². The molecule has 2 nitrogen and oxygen atoms in total. The van der Waals surface area contributed by atoms with E-state index in [0.29, 0.717) is 0 Å². The summed E-state index contributed by atoms with van der Waals surface area (Å²) >= 11 is 1.77. The maximum atomic E-state index is 4.31.